The van der Waals surface area contributed by atoms with Crippen molar-refractivity contribution >= 4 is 35.4 Å². The van der Waals surface area contributed by atoms with Crippen molar-refractivity contribution in [2.45, 2.75) is 70.0 Å². The second-order valence-corrected chi connectivity index (χ2v) is 11.4. The van der Waals surface area contributed by atoms with Crippen LogP contribution in [-0.4, -0.2) is 55.0 Å². The number of carbonyl (C=O) groups excluding carboxylic acids is 3. The van der Waals surface area contributed by atoms with Gasteiger partial charge in [-0.1, -0.05) is 87.2 Å². The van der Waals surface area contributed by atoms with E-state index < -0.39 is 17.6 Å². The van der Waals surface area contributed by atoms with Crippen molar-refractivity contribution < 1.29 is 19.1 Å². The standard InChI is InChI=1S/C32H41ClN4O4/c1-3-22(2)28-30(39)37-32(15-6-7-16-32)31(40)36-26(21-23-10-8-13-25(33)20-23)29(38)35-17-9-12-24-11-4-5-14-27(24)41-19-18-34-28/h4-5,8-14,20,22,26,28,34H,3,6-7,15-19,21H2,1-2H3,(H,35,38)(H,36,40)(H,37,39)/b12-9-/t22?,26-,28-/m0/s1. The van der Waals surface area contributed by atoms with Gasteiger partial charge in [-0.05, 0) is 42.5 Å². The lowest BCUT2D eigenvalue weighted by molar-refractivity contribution is -0.137. The van der Waals surface area contributed by atoms with Gasteiger partial charge in [0.25, 0.3) is 0 Å². The third kappa shape index (κ3) is 8.11. The van der Waals surface area contributed by atoms with Gasteiger partial charge in [-0.25, -0.2) is 0 Å². The summed E-state index contributed by atoms with van der Waals surface area (Å²) in [6.45, 7) is 5.18. The highest BCUT2D eigenvalue weighted by Crippen LogP contribution is 2.31. The predicted molar refractivity (Wildman–Crippen MR) is 162 cm³/mol. The van der Waals surface area contributed by atoms with Crippen LogP contribution in [0.4, 0.5) is 0 Å². The van der Waals surface area contributed by atoms with Crippen LogP contribution in [0.3, 0.4) is 0 Å². The molecule has 9 heteroatoms. The van der Waals surface area contributed by atoms with Crippen molar-refractivity contribution in [1.29, 1.82) is 0 Å². The van der Waals surface area contributed by atoms with Crippen LogP contribution in [-0.2, 0) is 20.8 Å². The number of fused-ring (bicyclic) bond motifs is 1. The Morgan fingerprint density at radius 3 is 2.59 bits per heavy atom. The molecule has 2 aliphatic rings. The molecule has 4 N–H and O–H groups in total. The summed E-state index contributed by atoms with van der Waals surface area (Å²) in [4.78, 5) is 41.0. The Bertz CT molecular complexity index is 1240. The molecule has 1 unspecified atom stereocenters. The lowest BCUT2D eigenvalue weighted by Gasteiger charge is -2.34. The number of hydrogen-bond donors (Lipinski definition) is 4. The fourth-order valence-electron chi connectivity index (χ4n) is 5.49. The molecule has 0 radical (unpaired) electrons. The minimum atomic E-state index is -1.07. The normalized spacial score (nSPS) is 23.6. The topological polar surface area (TPSA) is 109 Å². The first-order valence-electron chi connectivity index (χ1n) is 14.6. The molecule has 0 aromatic heterocycles. The molecule has 1 fully saturated rings. The van der Waals surface area contributed by atoms with Gasteiger partial charge in [0.05, 0.1) is 6.04 Å². The highest BCUT2D eigenvalue weighted by atomic mass is 35.5. The molecule has 220 valence electrons. The minimum Gasteiger partial charge on any atom is -0.492 e. The van der Waals surface area contributed by atoms with Gasteiger partial charge in [0.2, 0.25) is 17.7 Å². The number of ether oxygens (including phenoxy) is 1. The van der Waals surface area contributed by atoms with Gasteiger partial charge in [0, 0.05) is 30.1 Å². The van der Waals surface area contributed by atoms with Crippen molar-refractivity contribution in [3.05, 3.63) is 70.8 Å². The van der Waals surface area contributed by atoms with Gasteiger partial charge in [0.15, 0.2) is 0 Å². The van der Waals surface area contributed by atoms with Gasteiger partial charge in [0.1, 0.15) is 23.9 Å². The molecule has 3 atom stereocenters. The molecule has 1 saturated carbocycles. The lowest BCUT2D eigenvalue weighted by Crippen LogP contribution is -2.64. The van der Waals surface area contributed by atoms with Crippen LogP contribution in [0.1, 0.15) is 57.1 Å². The predicted octanol–water partition coefficient (Wildman–Crippen LogP) is 4.02. The largest absolute Gasteiger partial charge is 0.492 e. The third-order valence-corrected chi connectivity index (χ3v) is 8.27. The number of hydrogen-bond acceptors (Lipinski definition) is 5. The Hall–Kier alpha value is -3.36. The van der Waals surface area contributed by atoms with E-state index in [9.17, 15) is 14.4 Å². The van der Waals surface area contributed by atoms with E-state index in [1.54, 1.807) is 12.1 Å². The van der Waals surface area contributed by atoms with Crippen molar-refractivity contribution in [3.63, 3.8) is 0 Å². The molecule has 2 aromatic carbocycles. The van der Waals surface area contributed by atoms with Gasteiger partial charge in [-0.15, -0.1) is 0 Å². The quantitative estimate of drug-likeness (QED) is 0.437. The Morgan fingerprint density at radius 1 is 1.05 bits per heavy atom. The maximum Gasteiger partial charge on any atom is 0.246 e. The number of nitrogens with one attached hydrogen (secondary N) is 4. The summed E-state index contributed by atoms with van der Waals surface area (Å²) in [5, 5.41) is 13.0. The fraction of sp³-hybridized carbons (Fsp3) is 0.469. The molecular formula is C32H41ClN4O4. The summed E-state index contributed by atoms with van der Waals surface area (Å²) in [6, 6.07) is 13.6. The maximum atomic E-state index is 13.9. The summed E-state index contributed by atoms with van der Waals surface area (Å²) in [5.41, 5.74) is 0.635. The van der Waals surface area contributed by atoms with Crippen molar-refractivity contribution in [1.82, 2.24) is 21.3 Å². The Balaban J connectivity index is 1.64. The Kier molecular flexibility index (Phi) is 10.8. The van der Waals surface area contributed by atoms with Crippen LogP contribution in [0.15, 0.2) is 54.6 Å². The van der Waals surface area contributed by atoms with Crippen LogP contribution in [0, 0.1) is 5.92 Å². The first-order valence-corrected chi connectivity index (χ1v) is 15.0. The number of para-hydroxylation sites is 1. The van der Waals surface area contributed by atoms with E-state index >= 15 is 0 Å². The van der Waals surface area contributed by atoms with Crippen LogP contribution < -0.4 is 26.0 Å². The summed E-state index contributed by atoms with van der Waals surface area (Å²) < 4.78 is 6.05. The number of rotatable bonds is 4. The minimum absolute atomic E-state index is 0.0404. The van der Waals surface area contributed by atoms with Gasteiger partial charge >= 0.3 is 0 Å². The van der Waals surface area contributed by atoms with Crippen LogP contribution in [0.2, 0.25) is 5.02 Å². The number of amides is 3. The summed E-state index contributed by atoms with van der Waals surface area (Å²) in [6.07, 6.45) is 7.49. The maximum absolute atomic E-state index is 13.9. The van der Waals surface area contributed by atoms with E-state index in [4.69, 9.17) is 16.3 Å². The molecule has 1 aliphatic heterocycles. The summed E-state index contributed by atoms with van der Waals surface area (Å²) in [5.74, 6) is -0.0940. The molecule has 2 aromatic rings. The smallest absolute Gasteiger partial charge is 0.246 e. The van der Waals surface area contributed by atoms with E-state index in [1.807, 2.05) is 62.4 Å². The van der Waals surface area contributed by atoms with Crippen molar-refractivity contribution in [2.75, 3.05) is 19.7 Å². The average Bonchev–Trinajstić information content (AvgIpc) is 3.44. The molecule has 0 bridgehead atoms. The molecule has 3 amide bonds. The highest BCUT2D eigenvalue weighted by molar-refractivity contribution is 6.30. The Morgan fingerprint density at radius 2 is 1.83 bits per heavy atom. The van der Waals surface area contributed by atoms with Crippen LogP contribution in [0.25, 0.3) is 6.08 Å². The molecule has 8 nitrogen and oxygen atoms in total. The zero-order valence-electron chi connectivity index (χ0n) is 23.9. The number of halogens is 1. The van der Waals surface area contributed by atoms with E-state index in [1.165, 1.54) is 0 Å². The lowest BCUT2D eigenvalue weighted by atomic mass is 9.92. The average molecular weight is 581 g/mol. The van der Waals surface area contributed by atoms with Crippen molar-refractivity contribution in [2.24, 2.45) is 5.92 Å². The molecule has 4 rings (SSSR count). The zero-order valence-corrected chi connectivity index (χ0v) is 24.6. The number of carbonyl (C=O) groups is 3. The van der Waals surface area contributed by atoms with Crippen molar-refractivity contribution in [3.8, 4) is 5.75 Å². The summed E-state index contributed by atoms with van der Waals surface area (Å²) in [7, 11) is 0. The zero-order chi connectivity index (χ0) is 29.2. The first kappa shape index (κ1) is 30.6. The highest BCUT2D eigenvalue weighted by Gasteiger charge is 2.45. The van der Waals surface area contributed by atoms with Gasteiger partial charge in [-0.2, -0.15) is 0 Å². The van der Waals surface area contributed by atoms with E-state index in [0.717, 1.165) is 36.1 Å². The molecule has 0 saturated heterocycles. The van der Waals surface area contributed by atoms with E-state index in [2.05, 4.69) is 21.3 Å². The fourth-order valence-corrected chi connectivity index (χ4v) is 5.70. The van der Waals surface area contributed by atoms with E-state index in [-0.39, 0.29) is 36.6 Å². The van der Waals surface area contributed by atoms with Gasteiger partial charge in [-0.3, -0.25) is 14.4 Å². The molecule has 41 heavy (non-hydrogen) atoms. The molecular weight excluding hydrogens is 540 g/mol. The monoisotopic (exact) mass is 580 g/mol. The summed E-state index contributed by atoms with van der Waals surface area (Å²) >= 11 is 6.21. The first-order chi connectivity index (χ1) is 19.8. The second-order valence-electron chi connectivity index (χ2n) is 11.0. The van der Waals surface area contributed by atoms with E-state index in [0.29, 0.717) is 31.0 Å². The van der Waals surface area contributed by atoms with Crippen LogP contribution >= 0.6 is 11.6 Å². The third-order valence-electron chi connectivity index (χ3n) is 8.03. The van der Waals surface area contributed by atoms with Gasteiger partial charge < -0.3 is 26.0 Å². The second kappa shape index (κ2) is 14.5. The molecule has 1 aliphatic carbocycles. The Labute approximate surface area is 247 Å². The SMILES string of the molecule is CCC(C)[C@@H]1NCCOc2ccccc2/C=C\CNC(=O)[C@H](Cc2cccc(Cl)c2)NC(=O)C2(CCCC2)NC1=O. The van der Waals surface area contributed by atoms with Crippen LogP contribution in [0.5, 0.6) is 5.75 Å². The molecule has 1 heterocycles. The molecule has 1 spiro atoms. The number of benzene rings is 2.